The van der Waals surface area contributed by atoms with Crippen molar-refractivity contribution < 1.29 is 19.4 Å². The number of hydrogen-bond donors (Lipinski definition) is 1. The summed E-state index contributed by atoms with van der Waals surface area (Å²) in [6.45, 7) is 12.0. The molecule has 0 spiro atoms. The topological polar surface area (TPSA) is 63.6 Å². The standard InChI is InChI=1S/C13H20O2.C5H8O2/c1-12(2)9-6-7-13(12,3)10(8-9)4-5-11(14)15;1-4(2)5(6)7-3/h4-5,9-10H,6-8H2,1-3H3,(H,14,15);1H2,2-3H3. The Hall–Kier alpha value is -1.58. The van der Waals surface area contributed by atoms with E-state index in [1.807, 2.05) is 6.08 Å². The number of rotatable bonds is 3. The lowest BCUT2D eigenvalue weighted by Gasteiger charge is -2.38. The van der Waals surface area contributed by atoms with Gasteiger partial charge in [-0.1, -0.05) is 33.4 Å². The normalized spacial score (nSPS) is 31.5. The van der Waals surface area contributed by atoms with E-state index < -0.39 is 5.97 Å². The van der Waals surface area contributed by atoms with Gasteiger partial charge in [0, 0.05) is 11.6 Å². The van der Waals surface area contributed by atoms with E-state index in [1.165, 1.54) is 32.4 Å². The van der Waals surface area contributed by atoms with E-state index in [0.29, 0.717) is 22.3 Å². The van der Waals surface area contributed by atoms with Crippen LogP contribution in [0.25, 0.3) is 0 Å². The van der Waals surface area contributed by atoms with Gasteiger partial charge < -0.3 is 9.84 Å². The molecule has 124 valence electrons. The van der Waals surface area contributed by atoms with Gasteiger partial charge in [-0.2, -0.15) is 0 Å². The molecule has 0 aromatic carbocycles. The van der Waals surface area contributed by atoms with Crippen LogP contribution in [0.3, 0.4) is 0 Å². The van der Waals surface area contributed by atoms with Crippen LogP contribution in [0.2, 0.25) is 0 Å². The zero-order valence-electron chi connectivity index (χ0n) is 14.3. The van der Waals surface area contributed by atoms with Crippen molar-refractivity contribution in [2.75, 3.05) is 7.11 Å². The summed E-state index contributed by atoms with van der Waals surface area (Å²) in [4.78, 5) is 20.7. The van der Waals surface area contributed by atoms with Gasteiger partial charge in [0.05, 0.1) is 7.11 Å². The van der Waals surface area contributed by atoms with Gasteiger partial charge in [0.1, 0.15) is 0 Å². The van der Waals surface area contributed by atoms with Crippen molar-refractivity contribution in [1.82, 2.24) is 0 Å². The van der Waals surface area contributed by atoms with Crippen LogP contribution < -0.4 is 0 Å². The lowest BCUT2D eigenvalue weighted by molar-refractivity contribution is -0.136. The molecular weight excluding hydrogens is 280 g/mol. The summed E-state index contributed by atoms with van der Waals surface area (Å²) in [5.41, 5.74) is 1.12. The maximum Gasteiger partial charge on any atom is 0.332 e. The van der Waals surface area contributed by atoms with E-state index in [9.17, 15) is 9.59 Å². The van der Waals surface area contributed by atoms with Crippen molar-refractivity contribution >= 4 is 11.9 Å². The number of esters is 1. The van der Waals surface area contributed by atoms with Gasteiger partial charge >= 0.3 is 11.9 Å². The largest absolute Gasteiger partial charge is 0.478 e. The molecule has 0 amide bonds. The van der Waals surface area contributed by atoms with Gasteiger partial charge in [-0.3, -0.25) is 0 Å². The Bertz CT molecular complexity index is 489. The maximum absolute atomic E-state index is 10.5. The highest BCUT2D eigenvalue weighted by atomic mass is 16.5. The fourth-order valence-electron chi connectivity index (χ4n) is 3.93. The lowest BCUT2D eigenvalue weighted by Crippen LogP contribution is -2.31. The van der Waals surface area contributed by atoms with Crippen LogP contribution in [0.1, 0.15) is 47.0 Å². The van der Waals surface area contributed by atoms with E-state index in [4.69, 9.17) is 5.11 Å². The minimum atomic E-state index is -0.820. The molecule has 2 aliphatic rings. The maximum atomic E-state index is 10.5. The number of carbonyl (C=O) groups excluding carboxylic acids is 1. The summed E-state index contributed by atoms with van der Waals surface area (Å²) >= 11 is 0. The van der Waals surface area contributed by atoms with Crippen LogP contribution in [0.4, 0.5) is 0 Å². The highest BCUT2D eigenvalue weighted by Gasteiger charge is 2.60. The molecule has 2 bridgehead atoms. The molecule has 0 radical (unpaired) electrons. The minimum Gasteiger partial charge on any atom is -0.478 e. The molecule has 2 saturated carbocycles. The number of hydrogen-bond acceptors (Lipinski definition) is 3. The summed E-state index contributed by atoms with van der Waals surface area (Å²) in [5.74, 6) is 0.0764. The molecule has 0 heterocycles. The molecule has 22 heavy (non-hydrogen) atoms. The monoisotopic (exact) mass is 308 g/mol. The zero-order valence-corrected chi connectivity index (χ0v) is 14.3. The van der Waals surface area contributed by atoms with Crippen LogP contribution in [0.15, 0.2) is 24.3 Å². The number of fused-ring (bicyclic) bond motifs is 2. The Morgan fingerprint density at radius 3 is 2.18 bits per heavy atom. The summed E-state index contributed by atoms with van der Waals surface area (Å²) in [6, 6.07) is 0. The van der Waals surface area contributed by atoms with E-state index in [2.05, 4.69) is 32.1 Å². The Labute approximate surface area is 133 Å². The predicted molar refractivity (Wildman–Crippen MR) is 86.3 cm³/mol. The highest BCUT2D eigenvalue weighted by Crippen LogP contribution is 2.68. The van der Waals surface area contributed by atoms with Gasteiger partial charge in [-0.15, -0.1) is 0 Å². The van der Waals surface area contributed by atoms with Crippen LogP contribution in [-0.4, -0.2) is 24.2 Å². The molecule has 3 unspecified atom stereocenters. The first-order valence-corrected chi connectivity index (χ1v) is 7.71. The quantitative estimate of drug-likeness (QED) is 0.636. The second kappa shape index (κ2) is 6.67. The summed E-state index contributed by atoms with van der Waals surface area (Å²) in [6.07, 6.45) is 6.99. The number of methoxy groups -OCH3 is 1. The lowest BCUT2D eigenvalue weighted by atomic mass is 9.67. The molecule has 0 aliphatic heterocycles. The van der Waals surface area contributed by atoms with Crippen LogP contribution in [0, 0.1) is 22.7 Å². The Morgan fingerprint density at radius 1 is 1.32 bits per heavy atom. The summed E-state index contributed by atoms with van der Waals surface area (Å²) in [7, 11) is 1.33. The molecule has 0 saturated heterocycles. The van der Waals surface area contributed by atoms with Gasteiger partial charge in [0.15, 0.2) is 0 Å². The number of carboxylic acid groups (broad SMARTS) is 1. The number of carbonyl (C=O) groups is 2. The second-order valence-corrected chi connectivity index (χ2v) is 7.19. The second-order valence-electron chi connectivity index (χ2n) is 7.19. The number of carboxylic acids is 1. The third-order valence-corrected chi connectivity index (χ3v) is 5.87. The van der Waals surface area contributed by atoms with E-state index >= 15 is 0 Å². The number of ether oxygens (including phenoxy) is 1. The van der Waals surface area contributed by atoms with E-state index in [0.717, 1.165) is 5.92 Å². The summed E-state index contributed by atoms with van der Waals surface area (Å²) < 4.78 is 4.27. The van der Waals surface area contributed by atoms with Crippen molar-refractivity contribution in [2.45, 2.75) is 47.0 Å². The van der Waals surface area contributed by atoms with Crippen molar-refractivity contribution in [3.63, 3.8) is 0 Å². The average Bonchev–Trinajstić information content (AvgIpc) is 2.77. The number of allylic oxidation sites excluding steroid dienone is 1. The molecule has 0 aromatic rings. The van der Waals surface area contributed by atoms with Gasteiger partial charge in [0.25, 0.3) is 0 Å². The van der Waals surface area contributed by atoms with Crippen LogP contribution in [0.5, 0.6) is 0 Å². The van der Waals surface area contributed by atoms with Gasteiger partial charge in [-0.25, -0.2) is 9.59 Å². The van der Waals surface area contributed by atoms with E-state index in [1.54, 1.807) is 6.92 Å². The van der Waals surface area contributed by atoms with E-state index in [-0.39, 0.29) is 5.97 Å². The first-order chi connectivity index (χ1) is 10.1. The van der Waals surface area contributed by atoms with Crippen molar-refractivity contribution in [3.8, 4) is 0 Å². The fraction of sp³-hybridized carbons (Fsp3) is 0.667. The first-order valence-electron chi connectivity index (χ1n) is 7.71. The number of aliphatic carboxylic acids is 1. The molecular formula is C18H28O4. The smallest absolute Gasteiger partial charge is 0.332 e. The Balaban J connectivity index is 0.000000295. The molecule has 4 heteroatoms. The molecule has 2 fully saturated rings. The molecule has 1 N–H and O–H groups in total. The minimum absolute atomic E-state index is 0.309. The Morgan fingerprint density at radius 2 is 1.91 bits per heavy atom. The van der Waals surface area contributed by atoms with Crippen molar-refractivity contribution in [2.24, 2.45) is 22.7 Å². The molecule has 2 aliphatic carbocycles. The fourth-order valence-corrected chi connectivity index (χ4v) is 3.93. The first kappa shape index (κ1) is 18.5. The third kappa shape index (κ3) is 3.42. The Kier molecular flexibility index (Phi) is 5.60. The third-order valence-electron chi connectivity index (χ3n) is 5.87. The molecule has 2 rings (SSSR count). The highest BCUT2D eigenvalue weighted by molar-refractivity contribution is 5.86. The molecule has 4 nitrogen and oxygen atoms in total. The van der Waals surface area contributed by atoms with Crippen LogP contribution >= 0.6 is 0 Å². The molecule has 3 atom stereocenters. The molecule has 0 aromatic heterocycles. The SMILES string of the molecule is C=C(C)C(=O)OC.CC1(C)C2CCC1(C)C(C=CC(=O)O)C2. The van der Waals surface area contributed by atoms with Gasteiger partial charge in [-0.05, 0) is 48.9 Å². The summed E-state index contributed by atoms with van der Waals surface area (Å²) in [5, 5.41) is 8.67. The van der Waals surface area contributed by atoms with Gasteiger partial charge in [0.2, 0.25) is 0 Å². The zero-order chi connectivity index (χ0) is 17.1. The van der Waals surface area contributed by atoms with Crippen LogP contribution in [-0.2, 0) is 14.3 Å². The van der Waals surface area contributed by atoms with Crippen molar-refractivity contribution in [1.29, 1.82) is 0 Å². The predicted octanol–water partition coefficient (Wildman–Crippen LogP) is 3.83. The van der Waals surface area contributed by atoms with Crippen molar-refractivity contribution in [3.05, 3.63) is 24.3 Å². The average molecular weight is 308 g/mol.